The third kappa shape index (κ3) is 44.7. The number of nitrogens with one attached hydrogen (secondary N) is 1. The van der Waals surface area contributed by atoms with Crippen LogP contribution < -0.4 is 5.32 Å². The Morgan fingerprint density at radius 1 is 0.430 bits per heavy atom. The Morgan fingerprint density at radius 2 is 0.747 bits per heavy atom. The van der Waals surface area contributed by atoms with Crippen molar-refractivity contribution in [2.24, 2.45) is 0 Å². The summed E-state index contributed by atoms with van der Waals surface area (Å²) in [5.74, 6) is -0.701. The number of hydrogen-bond acceptors (Lipinski definition) is 10. The number of carbonyl (C=O) groups is 1. The van der Waals surface area contributed by atoms with Crippen LogP contribution in [0.5, 0.6) is 0 Å². The molecule has 468 valence electrons. The zero-order valence-electron chi connectivity index (χ0n) is 51.6. The summed E-state index contributed by atoms with van der Waals surface area (Å²) >= 11 is 0. The van der Waals surface area contributed by atoms with E-state index in [4.69, 9.17) is 9.47 Å². The Bertz CT molecular complexity index is 1330. The summed E-state index contributed by atoms with van der Waals surface area (Å²) in [6, 6.07) is -1.18. The number of ether oxygens (including phenoxy) is 2. The first-order valence-corrected chi connectivity index (χ1v) is 34.2. The fraction of sp³-hybridized carbons (Fsp3) is 0.926. The lowest BCUT2D eigenvalue weighted by molar-refractivity contribution is -0.303. The van der Waals surface area contributed by atoms with Crippen LogP contribution in [-0.4, -0.2) is 110 Å². The summed E-state index contributed by atoms with van der Waals surface area (Å²) in [7, 11) is 0. The van der Waals surface area contributed by atoms with Crippen LogP contribution in [0.25, 0.3) is 0 Å². The van der Waals surface area contributed by atoms with Crippen LogP contribution >= 0.6 is 0 Å². The van der Waals surface area contributed by atoms with E-state index in [9.17, 15) is 40.5 Å². The summed E-state index contributed by atoms with van der Waals surface area (Å²) in [6.07, 6.45) is 59.7. The van der Waals surface area contributed by atoms with Gasteiger partial charge in [0.25, 0.3) is 0 Å². The number of aliphatic hydroxyl groups excluding tert-OH is 7. The molecule has 1 aliphatic heterocycles. The molecule has 0 radical (unpaired) electrons. The van der Waals surface area contributed by atoms with Crippen molar-refractivity contribution in [2.75, 3.05) is 13.2 Å². The highest BCUT2D eigenvalue weighted by atomic mass is 16.7. The number of carbonyl (C=O) groups excluding carboxylic acids is 1. The van der Waals surface area contributed by atoms with Gasteiger partial charge in [-0.25, -0.2) is 0 Å². The fourth-order valence-corrected chi connectivity index (χ4v) is 11.2. The van der Waals surface area contributed by atoms with E-state index in [1.54, 1.807) is 0 Å². The minimum Gasteiger partial charge on any atom is -0.394 e. The summed E-state index contributed by atoms with van der Waals surface area (Å²) < 4.78 is 11.2. The van der Waals surface area contributed by atoms with Crippen molar-refractivity contribution in [3.8, 4) is 0 Å². The molecule has 1 fully saturated rings. The van der Waals surface area contributed by atoms with E-state index >= 15 is 0 Å². The highest BCUT2D eigenvalue weighted by molar-refractivity contribution is 5.80. The fourth-order valence-electron chi connectivity index (χ4n) is 11.2. The van der Waals surface area contributed by atoms with Crippen molar-refractivity contribution < 1.29 is 50.0 Å². The number of hydrogen-bond donors (Lipinski definition) is 8. The lowest BCUT2D eigenvalue weighted by Gasteiger charge is -2.40. The van der Waals surface area contributed by atoms with E-state index < -0.39 is 74.2 Å². The van der Waals surface area contributed by atoms with Crippen molar-refractivity contribution in [3.05, 3.63) is 24.3 Å². The number of allylic oxidation sites excluding steroid dienone is 4. The molecule has 0 saturated carbocycles. The SMILES string of the molecule is CCCCCCCCCCCCCC/C=C\CCCCCCCCCCCCCCCC(O)C(=O)NC(COC1OC(CO)C(O)C(O)C1O)C(O)C(O)CCC/C=C/CCCCCCCCCCCCCCCCCCCC. The Kier molecular flexibility index (Phi) is 54.6. The van der Waals surface area contributed by atoms with Crippen LogP contribution in [0.2, 0.25) is 0 Å². The van der Waals surface area contributed by atoms with E-state index in [-0.39, 0.29) is 12.8 Å². The monoisotopic (exact) mass is 1120 g/mol. The molecule has 1 rings (SSSR count). The molecule has 0 aromatic heterocycles. The second kappa shape index (κ2) is 57.0. The highest BCUT2D eigenvalue weighted by Crippen LogP contribution is 2.24. The molecule has 1 heterocycles. The normalized spacial score (nSPS) is 19.4. The molecule has 79 heavy (non-hydrogen) atoms. The summed E-state index contributed by atoms with van der Waals surface area (Å²) in [5, 5.41) is 76.4. The third-order valence-corrected chi connectivity index (χ3v) is 16.7. The standard InChI is InChI=1S/C68H131NO10/c1-3-5-7-9-11-13-15-17-19-21-23-25-27-28-29-30-31-32-34-36-38-40-42-44-46-48-50-52-54-56-61(72)67(77)69-59(58-78-68-66(76)65(75)64(74)62(57-70)79-68)63(73)60(71)55-53-51-49-47-45-43-41-39-37-35-33-26-24-22-20-18-16-14-12-10-8-6-4-2/h28-29,47,49,59-66,68,70-76H,3-27,30-46,48,50-58H2,1-2H3,(H,69,77)/b29-28-,49-47+. The van der Waals surface area contributed by atoms with E-state index in [0.29, 0.717) is 12.8 Å². The van der Waals surface area contributed by atoms with Crippen molar-refractivity contribution >= 4 is 5.91 Å². The minimum atomic E-state index is -1.67. The molecular formula is C68H131NO10. The van der Waals surface area contributed by atoms with E-state index in [2.05, 4.69) is 43.5 Å². The molecule has 11 heteroatoms. The second-order valence-electron chi connectivity index (χ2n) is 24.2. The molecule has 1 saturated heterocycles. The van der Waals surface area contributed by atoms with E-state index in [0.717, 1.165) is 38.5 Å². The van der Waals surface area contributed by atoms with Gasteiger partial charge in [0, 0.05) is 0 Å². The number of unbranched alkanes of at least 4 members (excludes halogenated alkanes) is 44. The molecule has 0 aromatic carbocycles. The van der Waals surface area contributed by atoms with Crippen LogP contribution in [0.1, 0.15) is 335 Å². The molecule has 0 bridgehead atoms. The molecule has 1 aliphatic rings. The topological polar surface area (TPSA) is 189 Å². The summed E-state index contributed by atoms with van der Waals surface area (Å²) in [6.45, 7) is 3.50. The van der Waals surface area contributed by atoms with Gasteiger partial charge in [-0.2, -0.15) is 0 Å². The lowest BCUT2D eigenvalue weighted by atomic mass is 9.98. The number of amides is 1. The third-order valence-electron chi connectivity index (χ3n) is 16.7. The van der Waals surface area contributed by atoms with Gasteiger partial charge in [0.2, 0.25) is 5.91 Å². The molecule has 8 N–H and O–H groups in total. The predicted octanol–water partition coefficient (Wildman–Crippen LogP) is 16.0. The van der Waals surface area contributed by atoms with Crippen molar-refractivity contribution in [1.29, 1.82) is 0 Å². The van der Waals surface area contributed by atoms with E-state index in [1.165, 1.54) is 257 Å². The molecule has 9 unspecified atom stereocenters. The number of aliphatic hydroxyl groups is 7. The van der Waals surface area contributed by atoms with Gasteiger partial charge in [0.1, 0.15) is 36.6 Å². The van der Waals surface area contributed by atoms with Crippen LogP contribution in [-0.2, 0) is 14.3 Å². The Hall–Kier alpha value is -1.41. The summed E-state index contributed by atoms with van der Waals surface area (Å²) in [4.78, 5) is 13.2. The first kappa shape index (κ1) is 75.6. The molecule has 0 aliphatic carbocycles. The maximum Gasteiger partial charge on any atom is 0.249 e. The molecule has 0 aromatic rings. The van der Waals surface area contributed by atoms with Crippen molar-refractivity contribution in [2.45, 2.75) is 390 Å². The van der Waals surface area contributed by atoms with Gasteiger partial charge in [0.15, 0.2) is 6.29 Å². The Labute approximate surface area is 486 Å². The molecule has 0 spiro atoms. The minimum absolute atomic E-state index is 0.256. The van der Waals surface area contributed by atoms with Crippen LogP contribution in [0.4, 0.5) is 0 Å². The highest BCUT2D eigenvalue weighted by Gasteiger charge is 2.44. The Balaban J connectivity index is 2.22. The second-order valence-corrected chi connectivity index (χ2v) is 24.2. The van der Waals surface area contributed by atoms with Crippen LogP contribution in [0.15, 0.2) is 24.3 Å². The van der Waals surface area contributed by atoms with Gasteiger partial charge in [0.05, 0.1) is 25.4 Å². The van der Waals surface area contributed by atoms with Crippen molar-refractivity contribution in [1.82, 2.24) is 5.32 Å². The average molecular weight is 1120 g/mol. The molecule has 11 nitrogen and oxygen atoms in total. The van der Waals surface area contributed by atoms with Gasteiger partial charge in [-0.1, -0.05) is 295 Å². The maximum atomic E-state index is 13.2. The molecule has 1 amide bonds. The first-order valence-electron chi connectivity index (χ1n) is 34.2. The zero-order chi connectivity index (χ0) is 57.5. The largest absolute Gasteiger partial charge is 0.394 e. The van der Waals surface area contributed by atoms with Gasteiger partial charge in [-0.05, 0) is 64.2 Å². The zero-order valence-corrected chi connectivity index (χ0v) is 51.6. The Morgan fingerprint density at radius 3 is 1.09 bits per heavy atom. The predicted molar refractivity (Wildman–Crippen MR) is 330 cm³/mol. The van der Waals surface area contributed by atoms with Gasteiger partial charge in [-0.3, -0.25) is 4.79 Å². The van der Waals surface area contributed by atoms with E-state index in [1.807, 2.05) is 0 Å². The molecular weight excluding hydrogens is 991 g/mol. The van der Waals surface area contributed by atoms with Gasteiger partial charge >= 0.3 is 0 Å². The smallest absolute Gasteiger partial charge is 0.249 e. The first-order chi connectivity index (χ1) is 38.7. The van der Waals surface area contributed by atoms with Gasteiger partial charge in [-0.15, -0.1) is 0 Å². The maximum absolute atomic E-state index is 13.2. The lowest BCUT2D eigenvalue weighted by Crippen LogP contribution is -2.60. The molecule has 9 atom stereocenters. The van der Waals surface area contributed by atoms with Crippen LogP contribution in [0, 0.1) is 0 Å². The average Bonchev–Trinajstić information content (AvgIpc) is 3.46. The number of rotatable bonds is 60. The van der Waals surface area contributed by atoms with Crippen molar-refractivity contribution in [3.63, 3.8) is 0 Å². The van der Waals surface area contributed by atoms with Gasteiger partial charge < -0.3 is 50.5 Å². The quantitative estimate of drug-likeness (QED) is 0.0215. The van der Waals surface area contributed by atoms with Crippen LogP contribution in [0.3, 0.4) is 0 Å². The summed E-state index contributed by atoms with van der Waals surface area (Å²) in [5.41, 5.74) is 0.